The first-order valence-electron chi connectivity index (χ1n) is 21.9. The third-order valence-electron chi connectivity index (χ3n) is 12.4. The maximum Gasteiger partial charge on any atom is -0.147 e. The Bertz CT molecular complexity index is 2600. The molecule has 5 heteroatoms. The number of anilines is 2. The van der Waals surface area contributed by atoms with Crippen LogP contribution in [0.25, 0.3) is 11.1 Å². The number of rotatable bonds is 14. The SMILES string of the molecule is C1=CC[C]([Zr](=[C](c2ccccc2)c2ccccc2)[CH]2c3cc(N(Cc4ccccc4)Cc4ccccc4)ccc3-c3ccc(N(Cc4ccccc4)Cc4ccccc4)cc32)=C1.Cl.Cl. The average molecular weight is 951 g/mol. The van der Waals surface area contributed by atoms with Gasteiger partial charge in [-0.3, -0.25) is 0 Å². The van der Waals surface area contributed by atoms with E-state index in [0.717, 1.165) is 32.6 Å². The molecule has 64 heavy (non-hydrogen) atoms. The molecule has 0 fully saturated rings. The molecule has 0 spiro atoms. The standard InChI is InChI=1S/C41H35N2.C13H10.C5H5.2ClH.Zr/c1-5-13-32(14-6-1)28-42(29-33-15-7-2-8-16-33)38-21-23-40-36(26-38)25-37-27-39(22-24-41(37)40)43(30-34-17-9-3-10-18-34)31-35-19-11-4-12-20-35;1-3-7-12(8-4-1)11-13-9-5-2-6-10-13;1-2-4-5-3-1;;;/h1-27H,28-31H2;1-10H;1-3H,4H2;2*1H;. The molecule has 0 radical (unpaired) electrons. The van der Waals surface area contributed by atoms with E-state index in [-0.39, 0.29) is 28.4 Å². The second-order valence-electron chi connectivity index (χ2n) is 16.5. The Balaban J connectivity index is 0.00000280. The van der Waals surface area contributed by atoms with Crippen molar-refractivity contribution in [2.75, 3.05) is 9.80 Å². The zero-order chi connectivity index (χ0) is 41.5. The largest absolute Gasteiger partial charge is 0.147 e. The second kappa shape index (κ2) is 21.2. The topological polar surface area (TPSA) is 6.48 Å². The molecule has 0 saturated carbocycles. The Kier molecular flexibility index (Phi) is 14.9. The van der Waals surface area contributed by atoms with Gasteiger partial charge in [-0.15, -0.1) is 24.8 Å². The number of fused-ring (bicyclic) bond motifs is 3. The van der Waals surface area contributed by atoms with Crippen LogP contribution in [0.4, 0.5) is 11.4 Å². The van der Waals surface area contributed by atoms with Gasteiger partial charge in [0.25, 0.3) is 0 Å². The van der Waals surface area contributed by atoms with Crippen molar-refractivity contribution in [1.29, 1.82) is 0 Å². The minimum Gasteiger partial charge on any atom is -0.147 e. The van der Waals surface area contributed by atoms with Crippen LogP contribution < -0.4 is 9.80 Å². The number of nitrogens with zero attached hydrogens (tertiary/aromatic N) is 2. The first-order valence-corrected chi connectivity index (χ1v) is 25.8. The molecule has 2 aliphatic carbocycles. The summed E-state index contributed by atoms with van der Waals surface area (Å²) in [6.45, 7) is 3.32. The van der Waals surface area contributed by atoms with Crippen LogP contribution in [0.2, 0.25) is 0 Å². The van der Waals surface area contributed by atoms with Crippen molar-refractivity contribution in [3.63, 3.8) is 0 Å². The number of benzene rings is 8. The van der Waals surface area contributed by atoms with E-state index >= 15 is 0 Å². The monoisotopic (exact) mass is 948 g/mol. The molecule has 316 valence electrons. The Morgan fingerprint density at radius 2 is 0.766 bits per heavy atom. The molecule has 0 heterocycles. The van der Waals surface area contributed by atoms with Crippen LogP contribution in [0.15, 0.2) is 240 Å². The molecule has 0 N–H and O–H groups in total. The van der Waals surface area contributed by atoms with Gasteiger partial charge in [0.15, 0.2) is 0 Å². The van der Waals surface area contributed by atoms with Gasteiger partial charge in [-0.2, -0.15) is 0 Å². The van der Waals surface area contributed by atoms with Gasteiger partial charge in [0.1, 0.15) is 0 Å². The first-order chi connectivity index (χ1) is 30.7. The third kappa shape index (κ3) is 9.94. The van der Waals surface area contributed by atoms with E-state index in [1.807, 2.05) is 0 Å². The fourth-order valence-corrected chi connectivity index (χ4v) is 18.4. The summed E-state index contributed by atoms with van der Waals surface area (Å²) in [4.78, 5) is 5.16. The van der Waals surface area contributed by atoms with Gasteiger partial charge in [0.05, 0.1) is 0 Å². The molecule has 8 aromatic carbocycles. The number of allylic oxidation sites excluding steroid dienone is 4. The quantitative estimate of drug-likeness (QED) is 0.107. The van der Waals surface area contributed by atoms with Gasteiger partial charge in [-0.25, -0.2) is 0 Å². The van der Waals surface area contributed by atoms with Gasteiger partial charge >= 0.3 is 377 Å². The fraction of sp³-hybridized carbons (Fsp3) is 0.102. The van der Waals surface area contributed by atoms with Crippen molar-refractivity contribution < 1.29 is 21.3 Å². The molecular formula is C59H52Cl2N2Zr. The Morgan fingerprint density at radius 1 is 0.422 bits per heavy atom. The molecule has 0 saturated heterocycles. The molecule has 0 atom stereocenters. The van der Waals surface area contributed by atoms with E-state index in [2.05, 4.69) is 246 Å². The van der Waals surface area contributed by atoms with Crippen molar-refractivity contribution in [2.24, 2.45) is 0 Å². The molecule has 0 bridgehead atoms. The summed E-state index contributed by atoms with van der Waals surface area (Å²) < 4.78 is 3.47. The minimum atomic E-state index is -2.98. The number of halogens is 2. The molecule has 2 aliphatic rings. The van der Waals surface area contributed by atoms with Gasteiger partial charge in [-0.1, -0.05) is 0 Å². The maximum atomic E-state index is 2.59. The van der Waals surface area contributed by atoms with Crippen LogP contribution in [0.5, 0.6) is 0 Å². The van der Waals surface area contributed by atoms with E-state index in [1.54, 1.807) is 6.49 Å². The van der Waals surface area contributed by atoms with Crippen LogP contribution >= 0.6 is 24.8 Å². The van der Waals surface area contributed by atoms with Crippen molar-refractivity contribution in [1.82, 2.24) is 0 Å². The Hall–Kier alpha value is -5.83. The molecule has 0 aliphatic heterocycles. The summed E-state index contributed by atoms with van der Waals surface area (Å²) in [5.74, 6) is 0. The summed E-state index contributed by atoms with van der Waals surface area (Å²) in [5.41, 5.74) is 16.2. The fourth-order valence-electron chi connectivity index (χ4n) is 9.46. The van der Waals surface area contributed by atoms with Crippen molar-refractivity contribution in [3.8, 4) is 11.1 Å². The Labute approximate surface area is 399 Å². The van der Waals surface area contributed by atoms with E-state index in [1.165, 1.54) is 67.0 Å². The van der Waals surface area contributed by atoms with E-state index in [0.29, 0.717) is 0 Å². The molecule has 0 unspecified atom stereocenters. The Morgan fingerprint density at radius 3 is 1.09 bits per heavy atom. The van der Waals surface area contributed by atoms with E-state index in [9.17, 15) is 0 Å². The predicted molar refractivity (Wildman–Crippen MR) is 272 cm³/mol. The van der Waals surface area contributed by atoms with Crippen molar-refractivity contribution >= 4 is 39.4 Å². The maximum absolute atomic E-state index is 2.98. The zero-order valence-electron chi connectivity index (χ0n) is 35.8. The third-order valence-corrected chi connectivity index (χ3v) is 20.7. The molecule has 10 rings (SSSR count). The van der Waals surface area contributed by atoms with Crippen LogP contribution in [0, 0.1) is 0 Å². The summed E-state index contributed by atoms with van der Waals surface area (Å²) >= 11 is -2.98. The molecule has 8 aromatic rings. The second-order valence-corrected chi connectivity index (χ2v) is 22.7. The summed E-state index contributed by atoms with van der Waals surface area (Å²) in [6.07, 6.45) is 8.20. The van der Waals surface area contributed by atoms with Crippen LogP contribution in [0.1, 0.15) is 54.6 Å². The summed E-state index contributed by atoms with van der Waals surface area (Å²) in [5, 5.41) is 0. The minimum absolute atomic E-state index is 0. The van der Waals surface area contributed by atoms with Gasteiger partial charge < -0.3 is 0 Å². The average Bonchev–Trinajstić information content (AvgIpc) is 3.99. The van der Waals surface area contributed by atoms with Crippen molar-refractivity contribution in [3.05, 3.63) is 284 Å². The predicted octanol–water partition coefficient (Wildman–Crippen LogP) is 14.7. The van der Waals surface area contributed by atoms with Crippen LogP contribution in [0.3, 0.4) is 0 Å². The number of hydrogen-bond donors (Lipinski definition) is 0. The summed E-state index contributed by atoms with van der Waals surface area (Å²) in [7, 11) is 0. The van der Waals surface area contributed by atoms with Crippen LogP contribution in [-0.2, 0) is 47.4 Å². The number of hydrogen-bond acceptors (Lipinski definition) is 2. The zero-order valence-corrected chi connectivity index (χ0v) is 39.9. The van der Waals surface area contributed by atoms with E-state index in [4.69, 9.17) is 0 Å². The first kappa shape index (κ1) is 44.8. The van der Waals surface area contributed by atoms with Gasteiger partial charge in [-0.05, 0) is 0 Å². The normalized spacial score (nSPS) is 12.3. The molecule has 2 nitrogen and oxygen atoms in total. The smallest absolute Gasteiger partial charge is 0.147 e. The van der Waals surface area contributed by atoms with Crippen LogP contribution in [-0.4, -0.2) is 3.21 Å². The van der Waals surface area contributed by atoms with Gasteiger partial charge in [0, 0.05) is 0 Å². The van der Waals surface area contributed by atoms with Gasteiger partial charge in [0.2, 0.25) is 0 Å². The molecule has 0 amide bonds. The molecule has 0 aromatic heterocycles. The molecular weight excluding hydrogens is 899 g/mol. The van der Waals surface area contributed by atoms with Crippen molar-refractivity contribution in [2.45, 2.75) is 36.2 Å². The van der Waals surface area contributed by atoms with E-state index < -0.39 is 21.3 Å². The summed E-state index contributed by atoms with van der Waals surface area (Å²) in [6, 6.07) is 81.3.